The van der Waals surface area contributed by atoms with Crippen molar-refractivity contribution in [3.63, 3.8) is 0 Å². The molecule has 1 heterocycles. The quantitative estimate of drug-likeness (QED) is 0.615. The van der Waals surface area contributed by atoms with Gasteiger partial charge in [0.15, 0.2) is 0 Å². The number of hydrogen-bond donors (Lipinski definition) is 3. The van der Waals surface area contributed by atoms with Gasteiger partial charge in [-0.3, -0.25) is 14.4 Å². The summed E-state index contributed by atoms with van der Waals surface area (Å²) in [5, 5.41) is 15.9. The van der Waals surface area contributed by atoms with Crippen LogP contribution in [0.4, 0.5) is 5.00 Å². The molecular formula is C23H24N2O4S. The van der Waals surface area contributed by atoms with E-state index < -0.39 is 17.8 Å². The fraction of sp³-hybridized carbons (Fsp3) is 0.348. The van der Waals surface area contributed by atoms with Gasteiger partial charge in [-0.15, -0.1) is 11.3 Å². The molecular weight excluding hydrogens is 400 g/mol. The van der Waals surface area contributed by atoms with Crippen LogP contribution in [-0.2, 0) is 29.0 Å². The van der Waals surface area contributed by atoms with Crippen molar-refractivity contribution in [3.05, 3.63) is 64.1 Å². The maximum Gasteiger partial charge on any atom is 0.307 e. The normalized spacial score (nSPS) is 19.9. The summed E-state index contributed by atoms with van der Waals surface area (Å²) >= 11 is 1.44. The van der Waals surface area contributed by atoms with E-state index >= 15 is 0 Å². The zero-order valence-corrected chi connectivity index (χ0v) is 17.3. The van der Waals surface area contributed by atoms with Gasteiger partial charge in [0.25, 0.3) is 5.91 Å². The van der Waals surface area contributed by atoms with Gasteiger partial charge in [-0.1, -0.05) is 42.5 Å². The summed E-state index contributed by atoms with van der Waals surface area (Å²) in [5.41, 5.74) is 2.55. The number of fused-ring (bicyclic) bond motifs is 1. The van der Waals surface area contributed by atoms with Crippen LogP contribution >= 0.6 is 11.3 Å². The second-order valence-electron chi connectivity index (χ2n) is 7.71. The van der Waals surface area contributed by atoms with Crippen LogP contribution in [-0.4, -0.2) is 22.9 Å². The highest BCUT2D eigenvalue weighted by molar-refractivity contribution is 7.17. The van der Waals surface area contributed by atoms with Crippen molar-refractivity contribution in [1.29, 1.82) is 0 Å². The number of thiophene rings is 1. The molecule has 156 valence electrons. The molecule has 7 heteroatoms. The van der Waals surface area contributed by atoms with Crippen molar-refractivity contribution in [1.82, 2.24) is 5.32 Å². The van der Waals surface area contributed by atoms with Gasteiger partial charge in [0.2, 0.25) is 5.91 Å². The number of amides is 2. The Kier molecular flexibility index (Phi) is 5.99. The number of carboxylic acid groups (broad SMARTS) is 1. The summed E-state index contributed by atoms with van der Waals surface area (Å²) in [5.74, 6) is -2.87. The van der Waals surface area contributed by atoms with Crippen molar-refractivity contribution >= 4 is 34.1 Å². The molecule has 0 saturated heterocycles. The van der Waals surface area contributed by atoms with Gasteiger partial charge in [-0.05, 0) is 43.2 Å². The Hall–Kier alpha value is -2.93. The largest absolute Gasteiger partial charge is 0.481 e. The van der Waals surface area contributed by atoms with Gasteiger partial charge < -0.3 is 15.7 Å². The first kappa shape index (κ1) is 20.3. The van der Waals surface area contributed by atoms with Gasteiger partial charge in [-0.2, -0.15) is 0 Å². The molecule has 0 spiro atoms. The molecule has 4 rings (SSSR count). The SMILES string of the molecule is O=C(NCc1ccccc1)c1c(NC(=O)[C@H]2CC=CC[C@H]2C(=O)O)sc2c1CCC2. The summed E-state index contributed by atoms with van der Waals surface area (Å²) in [6, 6.07) is 9.67. The smallest absolute Gasteiger partial charge is 0.307 e. The zero-order chi connectivity index (χ0) is 21.1. The number of hydrogen-bond acceptors (Lipinski definition) is 4. The van der Waals surface area contributed by atoms with Crippen molar-refractivity contribution < 1.29 is 19.5 Å². The molecule has 6 nitrogen and oxygen atoms in total. The van der Waals surface area contributed by atoms with Gasteiger partial charge >= 0.3 is 5.97 Å². The maximum atomic E-state index is 13.0. The van der Waals surface area contributed by atoms with Gasteiger partial charge in [0, 0.05) is 11.4 Å². The van der Waals surface area contributed by atoms with Gasteiger partial charge in [-0.25, -0.2) is 0 Å². The second-order valence-corrected chi connectivity index (χ2v) is 8.82. The Morgan fingerprint density at radius 2 is 1.77 bits per heavy atom. The molecule has 0 aliphatic heterocycles. The molecule has 2 amide bonds. The zero-order valence-electron chi connectivity index (χ0n) is 16.5. The Balaban J connectivity index is 1.54. The van der Waals surface area contributed by atoms with E-state index in [1.807, 2.05) is 42.5 Å². The van der Waals surface area contributed by atoms with Crippen LogP contribution in [0.3, 0.4) is 0 Å². The minimum absolute atomic E-state index is 0.202. The Morgan fingerprint density at radius 3 is 2.50 bits per heavy atom. The van der Waals surface area contributed by atoms with Crippen LogP contribution in [0.1, 0.15) is 45.6 Å². The van der Waals surface area contributed by atoms with Gasteiger partial charge in [0.1, 0.15) is 5.00 Å². The predicted octanol–water partition coefficient (Wildman–Crippen LogP) is 3.77. The minimum atomic E-state index is -0.964. The molecule has 2 aliphatic rings. The van der Waals surface area contributed by atoms with Gasteiger partial charge in [0.05, 0.1) is 17.4 Å². The molecule has 0 bridgehead atoms. The third-order valence-corrected chi connectivity index (χ3v) is 6.97. The summed E-state index contributed by atoms with van der Waals surface area (Å²) in [7, 11) is 0. The fourth-order valence-electron chi connectivity index (χ4n) is 4.18. The third kappa shape index (κ3) is 4.16. The van der Waals surface area contributed by atoms with Crippen molar-refractivity contribution in [3.8, 4) is 0 Å². The Morgan fingerprint density at radius 1 is 1.03 bits per heavy atom. The molecule has 1 aromatic carbocycles. The highest BCUT2D eigenvalue weighted by Gasteiger charge is 2.35. The molecule has 2 aromatic rings. The molecule has 0 saturated carbocycles. The number of anilines is 1. The van der Waals surface area contributed by atoms with Crippen LogP contribution in [0, 0.1) is 11.8 Å². The van der Waals surface area contributed by atoms with Crippen LogP contribution < -0.4 is 10.6 Å². The van der Waals surface area contributed by atoms with Crippen molar-refractivity contribution in [2.45, 2.75) is 38.6 Å². The van der Waals surface area contributed by atoms with E-state index in [2.05, 4.69) is 10.6 Å². The lowest BCUT2D eigenvalue weighted by atomic mass is 9.82. The molecule has 3 N–H and O–H groups in total. The first-order valence-electron chi connectivity index (χ1n) is 10.2. The average molecular weight is 425 g/mol. The van der Waals surface area contributed by atoms with E-state index in [1.54, 1.807) is 0 Å². The number of allylic oxidation sites excluding steroid dienone is 2. The fourth-order valence-corrected chi connectivity index (χ4v) is 5.47. The first-order chi connectivity index (χ1) is 14.5. The van der Waals surface area contributed by atoms with Crippen LogP contribution in [0.25, 0.3) is 0 Å². The topological polar surface area (TPSA) is 95.5 Å². The van der Waals surface area contributed by atoms with E-state index in [9.17, 15) is 19.5 Å². The molecule has 2 aliphatic carbocycles. The number of aryl methyl sites for hydroxylation is 1. The summed E-state index contributed by atoms with van der Waals surface area (Å²) < 4.78 is 0. The minimum Gasteiger partial charge on any atom is -0.481 e. The van der Waals surface area contributed by atoms with Crippen LogP contribution in [0.5, 0.6) is 0 Å². The number of rotatable bonds is 6. The van der Waals surface area contributed by atoms with E-state index in [1.165, 1.54) is 11.3 Å². The lowest BCUT2D eigenvalue weighted by Crippen LogP contribution is -2.35. The van der Waals surface area contributed by atoms with E-state index in [4.69, 9.17) is 0 Å². The highest BCUT2D eigenvalue weighted by atomic mass is 32.1. The summed E-state index contributed by atoms with van der Waals surface area (Å²) in [6.07, 6.45) is 7.12. The Bertz CT molecular complexity index is 996. The number of aliphatic carboxylic acids is 1. The standard InChI is InChI=1S/C23H24N2O4S/c26-20(15-9-4-5-10-16(15)23(28)29)25-22-19(17-11-6-12-18(17)30-22)21(27)24-13-14-7-2-1-3-8-14/h1-5,7-8,15-16H,6,9-13H2,(H,24,27)(H,25,26)(H,28,29)/t15-,16+/m0/s1. The van der Waals surface area contributed by atoms with Crippen LogP contribution in [0.2, 0.25) is 0 Å². The Labute approximate surface area is 179 Å². The highest BCUT2D eigenvalue weighted by Crippen LogP contribution is 2.40. The molecule has 0 unspecified atom stereocenters. The number of carbonyl (C=O) groups is 3. The number of carboxylic acids is 1. The van der Waals surface area contributed by atoms with Crippen LogP contribution in [0.15, 0.2) is 42.5 Å². The number of carbonyl (C=O) groups excluding carboxylic acids is 2. The first-order valence-corrected chi connectivity index (χ1v) is 11.0. The summed E-state index contributed by atoms with van der Waals surface area (Å²) in [4.78, 5) is 38.6. The summed E-state index contributed by atoms with van der Waals surface area (Å²) in [6.45, 7) is 0.409. The predicted molar refractivity (Wildman–Crippen MR) is 116 cm³/mol. The molecule has 2 atom stereocenters. The molecule has 0 radical (unpaired) electrons. The molecule has 0 fully saturated rings. The lowest BCUT2D eigenvalue weighted by Gasteiger charge is -2.24. The molecule has 1 aromatic heterocycles. The monoisotopic (exact) mass is 424 g/mol. The third-order valence-electron chi connectivity index (χ3n) is 5.77. The van der Waals surface area contributed by atoms with E-state index in [-0.39, 0.29) is 11.8 Å². The van der Waals surface area contributed by atoms with E-state index in [0.717, 1.165) is 35.3 Å². The number of benzene rings is 1. The van der Waals surface area contributed by atoms with Crippen molar-refractivity contribution in [2.75, 3.05) is 5.32 Å². The van der Waals surface area contributed by atoms with Crippen molar-refractivity contribution in [2.24, 2.45) is 11.8 Å². The molecule has 30 heavy (non-hydrogen) atoms. The maximum absolute atomic E-state index is 13.0. The lowest BCUT2D eigenvalue weighted by molar-refractivity contribution is -0.146. The average Bonchev–Trinajstić information content (AvgIpc) is 3.33. The number of nitrogens with one attached hydrogen (secondary N) is 2. The second kappa shape index (κ2) is 8.83. The van der Waals surface area contributed by atoms with E-state index in [0.29, 0.717) is 30.0 Å².